The van der Waals surface area contributed by atoms with Gasteiger partial charge in [-0.25, -0.2) is 4.79 Å². The Morgan fingerprint density at radius 3 is 1.91 bits per heavy atom. The molecule has 0 aromatic heterocycles. The summed E-state index contributed by atoms with van der Waals surface area (Å²) >= 11 is 0. The highest BCUT2D eigenvalue weighted by Gasteiger charge is 2.67. The van der Waals surface area contributed by atoms with E-state index in [0.717, 1.165) is 76.2 Å². The minimum absolute atomic E-state index is 0.0184. The Kier molecular flexibility index (Phi) is 11.1. The first-order valence-corrected chi connectivity index (χ1v) is 21.3. The van der Waals surface area contributed by atoms with Crippen LogP contribution in [0.25, 0.3) is 0 Å². The van der Waals surface area contributed by atoms with Crippen LogP contribution in [0.2, 0.25) is 0 Å². The Balaban J connectivity index is 0.838. The van der Waals surface area contributed by atoms with Gasteiger partial charge in [0.1, 0.15) is 24.9 Å². The summed E-state index contributed by atoms with van der Waals surface area (Å²) in [6, 6.07) is 0. The molecule has 0 amide bonds. The molecule has 5 N–H and O–H groups in total. The van der Waals surface area contributed by atoms with Gasteiger partial charge < -0.3 is 58.7 Å². The highest BCUT2D eigenvalue weighted by molar-refractivity contribution is 5.85. The quantitative estimate of drug-likeness (QED) is 0.186. The van der Waals surface area contributed by atoms with Gasteiger partial charge in [-0.3, -0.25) is 0 Å². The van der Waals surface area contributed by atoms with Crippen LogP contribution < -0.4 is 0 Å². The molecule has 1 spiro atoms. The second kappa shape index (κ2) is 15.1. The van der Waals surface area contributed by atoms with E-state index in [4.69, 9.17) is 33.2 Å². The molecular formula is C42H66O13. The molecule has 4 saturated carbocycles. The third kappa shape index (κ3) is 7.17. The minimum Gasteiger partial charge on any atom is -0.458 e. The molecule has 19 atom stereocenters. The van der Waals surface area contributed by atoms with Gasteiger partial charge in [0.25, 0.3) is 0 Å². The van der Waals surface area contributed by atoms with Crippen LogP contribution >= 0.6 is 0 Å². The first-order chi connectivity index (χ1) is 26.0. The molecule has 4 aliphatic carbocycles. The molecular weight excluding hydrogens is 712 g/mol. The number of carbonyl (C=O) groups excluding carboxylic acids is 1. The third-order valence-corrected chi connectivity index (χ3v) is 16.3. The van der Waals surface area contributed by atoms with E-state index in [-0.39, 0.29) is 53.5 Å². The summed E-state index contributed by atoms with van der Waals surface area (Å²) < 4.78 is 42.3. The van der Waals surface area contributed by atoms with E-state index in [9.17, 15) is 30.3 Å². The van der Waals surface area contributed by atoms with Gasteiger partial charge in [0.15, 0.2) is 18.9 Å². The normalized spacial score (nSPS) is 54.4. The molecule has 0 aromatic rings. The Hall–Kier alpha value is -1.23. The van der Waals surface area contributed by atoms with Gasteiger partial charge in [-0.05, 0) is 113 Å². The lowest BCUT2D eigenvalue weighted by molar-refractivity contribution is -0.336. The van der Waals surface area contributed by atoms with Crippen LogP contribution in [0, 0.1) is 28.1 Å². The molecule has 4 aliphatic heterocycles. The molecule has 7 fully saturated rings. The van der Waals surface area contributed by atoms with Gasteiger partial charge >= 0.3 is 5.97 Å². The van der Waals surface area contributed by atoms with Crippen LogP contribution in [-0.4, -0.2) is 124 Å². The largest absolute Gasteiger partial charge is 0.458 e. The van der Waals surface area contributed by atoms with Crippen LogP contribution in [0.15, 0.2) is 11.6 Å². The zero-order valence-electron chi connectivity index (χ0n) is 33.3. The molecule has 8 aliphatic rings. The molecule has 312 valence electrons. The summed E-state index contributed by atoms with van der Waals surface area (Å²) in [5, 5.41) is 55.0. The molecule has 0 bridgehead atoms. The Bertz CT molecular complexity index is 1410. The topological polar surface area (TPSA) is 183 Å². The zero-order chi connectivity index (χ0) is 39.1. The van der Waals surface area contributed by atoms with Crippen molar-refractivity contribution in [3.63, 3.8) is 0 Å². The second-order valence-corrected chi connectivity index (χ2v) is 19.3. The highest BCUT2D eigenvalue weighted by atomic mass is 16.7. The van der Waals surface area contributed by atoms with Gasteiger partial charge in [0.05, 0.1) is 48.3 Å². The Morgan fingerprint density at radius 1 is 0.691 bits per heavy atom. The zero-order valence-corrected chi connectivity index (χ0v) is 33.3. The average molecular weight is 779 g/mol. The predicted molar refractivity (Wildman–Crippen MR) is 196 cm³/mol. The number of rotatable bonds is 7. The first kappa shape index (κ1) is 40.5. The summed E-state index contributed by atoms with van der Waals surface area (Å²) in [5.74, 6) is 0.411. The number of hydrogen-bond acceptors (Lipinski definition) is 13. The fourth-order valence-corrected chi connectivity index (χ4v) is 12.9. The number of esters is 1. The number of ether oxygens (including phenoxy) is 7. The van der Waals surface area contributed by atoms with Crippen molar-refractivity contribution in [2.24, 2.45) is 28.1 Å². The van der Waals surface area contributed by atoms with E-state index in [1.165, 1.54) is 0 Å². The number of cyclic esters (lactones) is 1. The Morgan fingerprint density at radius 2 is 1.31 bits per heavy atom. The molecule has 13 nitrogen and oxygen atoms in total. The van der Waals surface area contributed by atoms with Gasteiger partial charge in [0, 0.05) is 30.8 Å². The highest BCUT2D eigenvalue weighted by Crippen LogP contribution is 2.72. The van der Waals surface area contributed by atoms with E-state index in [2.05, 4.69) is 13.8 Å². The monoisotopic (exact) mass is 778 g/mol. The molecule has 0 aromatic carbocycles. The van der Waals surface area contributed by atoms with Crippen LogP contribution in [0.5, 0.6) is 0 Å². The van der Waals surface area contributed by atoms with Crippen molar-refractivity contribution in [2.75, 3.05) is 6.61 Å². The summed E-state index contributed by atoms with van der Waals surface area (Å²) in [5.41, 5.74) is 0.227. The van der Waals surface area contributed by atoms with Crippen molar-refractivity contribution >= 4 is 5.97 Å². The maximum absolute atomic E-state index is 12.5. The lowest BCUT2D eigenvalue weighted by Gasteiger charge is -2.65. The SMILES string of the molecule is C[C@@H]1O[C@H](O[C@@H]2[C@H](O)C[C@H](O[C@@H]3[C@H](O)C[C@H](O[C@@H]4CC[C@]5(C)[C@H](CCC[C@]56CC[C@]5(C)[C@H](C7=CC(=O)OC7)CC[C@]5(O)C6)C4)O[C@@H]3C)O[C@@H]2C)C[C@@H](O)[C@H]1O. The van der Waals surface area contributed by atoms with Gasteiger partial charge in [-0.1, -0.05) is 20.3 Å². The van der Waals surface area contributed by atoms with E-state index in [1.54, 1.807) is 19.9 Å². The van der Waals surface area contributed by atoms with Crippen molar-refractivity contribution in [3.8, 4) is 0 Å². The Labute approximate surface area is 325 Å². The minimum atomic E-state index is -0.996. The number of aliphatic hydroxyl groups excluding tert-OH is 4. The van der Waals surface area contributed by atoms with Crippen molar-refractivity contribution in [1.29, 1.82) is 0 Å². The molecule has 0 radical (unpaired) electrons. The third-order valence-electron chi connectivity index (χ3n) is 16.3. The maximum atomic E-state index is 12.5. The maximum Gasteiger partial charge on any atom is 0.331 e. The number of fused-ring (bicyclic) bond motifs is 3. The number of carbonyl (C=O) groups is 1. The van der Waals surface area contributed by atoms with Crippen molar-refractivity contribution in [2.45, 2.75) is 210 Å². The van der Waals surface area contributed by atoms with Gasteiger partial charge in [0.2, 0.25) is 0 Å². The molecule has 0 unspecified atom stereocenters. The van der Waals surface area contributed by atoms with E-state index < -0.39 is 79.4 Å². The van der Waals surface area contributed by atoms with E-state index in [1.807, 2.05) is 6.92 Å². The second-order valence-electron chi connectivity index (χ2n) is 19.3. The molecule has 3 saturated heterocycles. The first-order valence-electron chi connectivity index (χ1n) is 21.3. The van der Waals surface area contributed by atoms with Crippen molar-refractivity contribution < 1.29 is 63.5 Å². The fourth-order valence-electron chi connectivity index (χ4n) is 12.9. The smallest absolute Gasteiger partial charge is 0.331 e. The predicted octanol–water partition coefficient (Wildman–Crippen LogP) is 3.78. The molecule has 8 rings (SSSR count). The number of aliphatic hydroxyl groups is 5. The van der Waals surface area contributed by atoms with Crippen LogP contribution in [0.4, 0.5) is 0 Å². The summed E-state index contributed by atoms with van der Waals surface area (Å²) in [6.07, 6.45) is 4.06. The lowest BCUT2D eigenvalue weighted by Crippen LogP contribution is -2.61. The summed E-state index contributed by atoms with van der Waals surface area (Å²) in [4.78, 5) is 11.9. The van der Waals surface area contributed by atoms with E-state index >= 15 is 0 Å². The molecule has 4 heterocycles. The van der Waals surface area contributed by atoms with E-state index in [0.29, 0.717) is 12.5 Å². The van der Waals surface area contributed by atoms with Crippen LogP contribution in [0.3, 0.4) is 0 Å². The lowest BCUT2D eigenvalue weighted by atomic mass is 9.40. The average Bonchev–Trinajstić information content (AvgIpc) is 3.66. The molecule has 13 heteroatoms. The van der Waals surface area contributed by atoms with Crippen molar-refractivity contribution in [3.05, 3.63) is 11.6 Å². The van der Waals surface area contributed by atoms with Gasteiger partial charge in [-0.2, -0.15) is 0 Å². The standard InChI is InChI=1S/C42H66O13/c1-22-36(47)29(43)17-34(50-22)54-38-24(3)52-35(19-31(38)45)55-37-23(2)51-33(18-30(37)44)53-27-8-11-39(4)26(16-27)7-6-10-41(39)14-13-40(5)28(9-12-42(40,48)21-41)25-15-32(46)49-20-25/h15,22-24,26-31,33-38,43-45,47-48H,6-14,16-21H2,1-5H3/t22-,23+,24+,26+,27+,28-,29+,30+,31+,33-,34+,35-,36-,37-,38-,39+,40+,41+,42-/m0/s1. The van der Waals surface area contributed by atoms with Crippen LogP contribution in [0.1, 0.15) is 125 Å². The number of hydrogen-bond donors (Lipinski definition) is 5. The fraction of sp³-hybridized carbons (Fsp3) is 0.929. The summed E-state index contributed by atoms with van der Waals surface area (Å²) in [7, 11) is 0. The van der Waals surface area contributed by atoms with Crippen molar-refractivity contribution in [1.82, 2.24) is 0 Å². The molecule has 55 heavy (non-hydrogen) atoms. The van der Waals surface area contributed by atoms with Gasteiger partial charge in [-0.15, -0.1) is 0 Å². The summed E-state index contributed by atoms with van der Waals surface area (Å²) in [6.45, 7) is 10.4. The van der Waals surface area contributed by atoms with Crippen LogP contribution in [-0.2, 0) is 38.0 Å².